The van der Waals surface area contributed by atoms with Gasteiger partial charge in [-0.3, -0.25) is 4.79 Å². The Hall–Kier alpha value is -2.14. The molecule has 2 aromatic carbocycles. The van der Waals surface area contributed by atoms with Crippen molar-refractivity contribution in [2.45, 2.75) is 19.5 Å². The van der Waals surface area contributed by atoms with Crippen molar-refractivity contribution >= 4 is 23.2 Å². The molecule has 22 heavy (non-hydrogen) atoms. The van der Waals surface area contributed by atoms with Gasteiger partial charge in [0.2, 0.25) is 5.91 Å². The fourth-order valence-electron chi connectivity index (χ4n) is 1.93. The number of carbonyl (C=O) groups is 1. The molecule has 116 valence electrons. The molecule has 0 aliphatic carbocycles. The van der Waals surface area contributed by atoms with Gasteiger partial charge in [0.1, 0.15) is 5.75 Å². The van der Waals surface area contributed by atoms with E-state index in [4.69, 9.17) is 11.6 Å². The number of anilines is 1. The van der Waals surface area contributed by atoms with Crippen LogP contribution >= 0.6 is 11.6 Å². The van der Waals surface area contributed by atoms with Crippen molar-refractivity contribution in [1.82, 2.24) is 0 Å². The van der Waals surface area contributed by atoms with Gasteiger partial charge < -0.3 is 10.1 Å². The fourth-order valence-corrected chi connectivity index (χ4v) is 2.16. The number of halogens is 3. The normalized spacial score (nSPS) is 10.5. The summed E-state index contributed by atoms with van der Waals surface area (Å²) in [6.45, 7) is -2.94. The van der Waals surface area contributed by atoms with Crippen LogP contribution in [0.5, 0.6) is 5.75 Å². The number of nitrogens with one attached hydrogen (secondary N) is 1. The summed E-state index contributed by atoms with van der Waals surface area (Å²) < 4.78 is 29.0. The Morgan fingerprint density at radius 1 is 1.14 bits per heavy atom. The fraction of sp³-hybridized carbons (Fsp3) is 0.188. The maximum Gasteiger partial charge on any atom is 0.387 e. The van der Waals surface area contributed by atoms with Crippen LogP contribution < -0.4 is 10.1 Å². The molecule has 0 saturated carbocycles. The lowest BCUT2D eigenvalue weighted by molar-refractivity contribution is -0.116. The van der Waals surface area contributed by atoms with Gasteiger partial charge in [-0.25, -0.2) is 0 Å². The van der Waals surface area contributed by atoms with E-state index in [1.165, 1.54) is 12.1 Å². The highest BCUT2D eigenvalue weighted by Gasteiger charge is 2.12. The molecule has 2 aromatic rings. The average Bonchev–Trinajstić information content (AvgIpc) is 2.48. The van der Waals surface area contributed by atoms with Crippen LogP contribution in [-0.2, 0) is 11.2 Å². The molecule has 0 atom stereocenters. The first-order valence-electron chi connectivity index (χ1n) is 6.63. The van der Waals surface area contributed by atoms with Gasteiger partial charge in [-0.1, -0.05) is 41.9 Å². The molecule has 1 N–H and O–H groups in total. The highest BCUT2D eigenvalue weighted by atomic mass is 35.5. The van der Waals surface area contributed by atoms with Crippen LogP contribution in [0.15, 0.2) is 48.5 Å². The lowest BCUT2D eigenvalue weighted by atomic mass is 10.1. The summed E-state index contributed by atoms with van der Waals surface area (Å²) in [6.07, 6.45) is 0.649. The van der Waals surface area contributed by atoms with E-state index < -0.39 is 6.61 Å². The predicted octanol–water partition coefficient (Wildman–Crippen LogP) is 4.51. The molecule has 0 heterocycles. The van der Waals surface area contributed by atoms with Crippen molar-refractivity contribution in [2.75, 3.05) is 5.32 Å². The van der Waals surface area contributed by atoms with Crippen LogP contribution in [0.4, 0.5) is 14.5 Å². The summed E-state index contributed by atoms with van der Waals surface area (Å²) in [7, 11) is 0. The highest BCUT2D eigenvalue weighted by Crippen LogP contribution is 2.26. The molecule has 6 heteroatoms. The number of amides is 1. The zero-order valence-electron chi connectivity index (χ0n) is 11.6. The van der Waals surface area contributed by atoms with Crippen molar-refractivity contribution < 1.29 is 18.3 Å². The number of aryl methyl sites for hydroxylation is 1. The zero-order valence-corrected chi connectivity index (χ0v) is 12.3. The van der Waals surface area contributed by atoms with Gasteiger partial charge >= 0.3 is 6.61 Å². The number of alkyl halides is 2. The van der Waals surface area contributed by atoms with E-state index in [1.807, 2.05) is 18.2 Å². The molecule has 0 fully saturated rings. The minimum absolute atomic E-state index is 0.0661. The second kappa shape index (κ2) is 7.75. The molecule has 0 bridgehead atoms. The monoisotopic (exact) mass is 325 g/mol. The van der Waals surface area contributed by atoms with Crippen molar-refractivity contribution in [2.24, 2.45) is 0 Å². The van der Waals surface area contributed by atoms with Crippen LogP contribution in [0.2, 0.25) is 5.02 Å². The van der Waals surface area contributed by atoms with Gasteiger partial charge in [0, 0.05) is 11.4 Å². The predicted molar refractivity (Wildman–Crippen MR) is 81.5 cm³/mol. The number of ether oxygens (including phenoxy) is 1. The number of rotatable bonds is 6. The van der Waals surface area contributed by atoms with Crippen LogP contribution in [0.1, 0.15) is 12.0 Å². The Kier molecular flexibility index (Phi) is 5.72. The summed E-state index contributed by atoms with van der Waals surface area (Å²) in [5.74, 6) is -0.367. The van der Waals surface area contributed by atoms with Gasteiger partial charge in [-0.2, -0.15) is 8.78 Å². The SMILES string of the molecule is O=C(CCc1ccccc1Cl)Nc1ccccc1OC(F)F. The Labute approximate surface area is 131 Å². The first-order valence-corrected chi connectivity index (χ1v) is 7.01. The molecule has 0 aromatic heterocycles. The van der Waals surface area contributed by atoms with Gasteiger partial charge in [0.05, 0.1) is 5.69 Å². The van der Waals surface area contributed by atoms with E-state index in [2.05, 4.69) is 10.1 Å². The third kappa shape index (κ3) is 4.70. The zero-order chi connectivity index (χ0) is 15.9. The van der Waals surface area contributed by atoms with E-state index in [-0.39, 0.29) is 23.8 Å². The van der Waals surface area contributed by atoms with E-state index >= 15 is 0 Å². The third-order valence-corrected chi connectivity index (χ3v) is 3.33. The van der Waals surface area contributed by atoms with Gasteiger partial charge in [0.15, 0.2) is 0 Å². The minimum Gasteiger partial charge on any atom is -0.433 e. The molecule has 0 radical (unpaired) electrons. The number of hydrogen-bond donors (Lipinski definition) is 1. The topological polar surface area (TPSA) is 38.3 Å². The van der Waals surface area contributed by atoms with Crippen LogP contribution in [-0.4, -0.2) is 12.5 Å². The molecule has 2 rings (SSSR count). The number of hydrogen-bond acceptors (Lipinski definition) is 2. The van der Waals surface area contributed by atoms with Crippen molar-refractivity contribution in [3.05, 3.63) is 59.1 Å². The summed E-state index contributed by atoms with van der Waals surface area (Å²) in [5, 5.41) is 3.16. The minimum atomic E-state index is -2.94. The molecule has 0 aliphatic rings. The highest BCUT2D eigenvalue weighted by molar-refractivity contribution is 6.31. The Bertz CT molecular complexity index is 650. The standard InChI is InChI=1S/C16H14ClF2NO2/c17-12-6-2-1-5-11(12)9-10-15(21)20-13-7-3-4-8-14(13)22-16(18)19/h1-8,16H,9-10H2,(H,20,21). The number of benzene rings is 2. The largest absolute Gasteiger partial charge is 0.433 e. The number of para-hydroxylation sites is 2. The quantitative estimate of drug-likeness (QED) is 0.848. The second-order valence-electron chi connectivity index (χ2n) is 4.51. The Balaban J connectivity index is 1.96. The summed E-state index contributed by atoms with van der Waals surface area (Å²) in [4.78, 5) is 11.9. The molecular formula is C16H14ClF2NO2. The second-order valence-corrected chi connectivity index (χ2v) is 4.92. The molecular weight excluding hydrogens is 312 g/mol. The maximum atomic E-state index is 12.3. The Morgan fingerprint density at radius 3 is 2.55 bits per heavy atom. The molecule has 0 saturated heterocycles. The molecule has 0 spiro atoms. The first kappa shape index (κ1) is 16.2. The molecule has 0 aliphatic heterocycles. The summed E-state index contributed by atoms with van der Waals surface area (Å²) in [6, 6.07) is 13.3. The molecule has 0 unspecified atom stereocenters. The maximum absolute atomic E-state index is 12.3. The first-order chi connectivity index (χ1) is 10.6. The smallest absolute Gasteiger partial charge is 0.387 e. The van der Waals surface area contributed by atoms with Crippen LogP contribution in [0.3, 0.4) is 0 Å². The average molecular weight is 326 g/mol. The van der Waals surface area contributed by atoms with Gasteiger partial charge in [-0.15, -0.1) is 0 Å². The van der Waals surface area contributed by atoms with Crippen molar-refractivity contribution in [1.29, 1.82) is 0 Å². The summed E-state index contributed by atoms with van der Waals surface area (Å²) >= 11 is 6.02. The van der Waals surface area contributed by atoms with E-state index in [1.54, 1.807) is 18.2 Å². The third-order valence-electron chi connectivity index (χ3n) is 2.96. The van der Waals surface area contributed by atoms with Crippen LogP contribution in [0, 0.1) is 0 Å². The van der Waals surface area contributed by atoms with E-state index in [0.717, 1.165) is 5.56 Å². The van der Waals surface area contributed by atoms with E-state index in [9.17, 15) is 13.6 Å². The summed E-state index contributed by atoms with van der Waals surface area (Å²) in [5.41, 5.74) is 1.07. The number of carbonyl (C=O) groups excluding carboxylic acids is 1. The Morgan fingerprint density at radius 2 is 1.82 bits per heavy atom. The van der Waals surface area contributed by atoms with Gasteiger partial charge in [-0.05, 0) is 30.2 Å². The molecule has 1 amide bonds. The lowest BCUT2D eigenvalue weighted by Crippen LogP contribution is -2.14. The van der Waals surface area contributed by atoms with E-state index in [0.29, 0.717) is 11.4 Å². The molecule has 3 nitrogen and oxygen atoms in total. The van der Waals surface area contributed by atoms with Gasteiger partial charge in [0.25, 0.3) is 0 Å². The lowest BCUT2D eigenvalue weighted by Gasteiger charge is -2.11. The van der Waals surface area contributed by atoms with Crippen molar-refractivity contribution in [3.8, 4) is 5.75 Å². The van der Waals surface area contributed by atoms with Crippen molar-refractivity contribution in [3.63, 3.8) is 0 Å². The van der Waals surface area contributed by atoms with Crippen LogP contribution in [0.25, 0.3) is 0 Å².